The Morgan fingerprint density at radius 1 is 0.909 bits per heavy atom. The molecule has 0 bridgehead atoms. The Balaban J connectivity index is 1.65. The Hall–Kier alpha value is -3.62. The smallest absolute Gasteiger partial charge is 0.244 e. The van der Waals surface area contributed by atoms with Crippen LogP contribution in [-0.4, -0.2) is 18.4 Å². The highest BCUT2D eigenvalue weighted by atomic mass is 32.2. The van der Waals surface area contributed by atoms with Gasteiger partial charge in [0.05, 0.1) is 18.1 Å². The van der Waals surface area contributed by atoms with E-state index >= 15 is 4.39 Å². The number of nitrogens with zero attached hydrogens (tertiary/aromatic N) is 2. The van der Waals surface area contributed by atoms with Crippen molar-refractivity contribution < 1.29 is 12.8 Å². The first-order valence-electron chi connectivity index (χ1n) is 10.5. The first kappa shape index (κ1) is 21.2. The van der Waals surface area contributed by atoms with Gasteiger partial charge in [0.25, 0.3) is 0 Å². The number of nitrogens with two attached hydrogens (primary N) is 1. The van der Waals surface area contributed by atoms with Gasteiger partial charge >= 0.3 is 0 Å². The molecule has 1 heterocycles. The van der Waals surface area contributed by atoms with E-state index in [4.69, 9.17) is 5.73 Å². The lowest BCUT2D eigenvalue weighted by atomic mass is 10.0. The summed E-state index contributed by atoms with van der Waals surface area (Å²) < 4.78 is 46.0. The number of aryl methyl sites for hydroxylation is 1. The van der Waals surface area contributed by atoms with Crippen LogP contribution in [0.4, 0.5) is 10.2 Å². The van der Waals surface area contributed by atoms with Crippen LogP contribution < -0.4 is 10.5 Å². The molecule has 3 N–H and O–H groups in total. The average Bonchev–Trinajstić information content (AvgIpc) is 3.22. The van der Waals surface area contributed by atoms with Crippen molar-refractivity contribution in [2.24, 2.45) is 0 Å². The number of nitrogen functional groups attached to an aromatic ring is 1. The van der Waals surface area contributed by atoms with Gasteiger partial charge in [-0.05, 0) is 35.6 Å². The molecule has 1 aromatic heterocycles. The van der Waals surface area contributed by atoms with Gasteiger partial charge in [0.2, 0.25) is 10.0 Å². The van der Waals surface area contributed by atoms with E-state index in [1.807, 2.05) is 30.3 Å². The van der Waals surface area contributed by atoms with Crippen molar-refractivity contribution in [1.82, 2.24) is 14.7 Å². The minimum atomic E-state index is -4.23. The molecule has 0 fully saturated rings. The summed E-state index contributed by atoms with van der Waals surface area (Å²) in [4.78, 5) is 7.68. The third kappa shape index (κ3) is 3.99. The summed E-state index contributed by atoms with van der Waals surface area (Å²) in [5, 5.41) is 0. The van der Waals surface area contributed by atoms with E-state index in [9.17, 15) is 8.42 Å². The highest BCUT2D eigenvalue weighted by Gasteiger charge is 2.32. The zero-order chi connectivity index (χ0) is 23.0. The molecular weight excluding hydrogens is 439 g/mol. The number of rotatable bonds is 5. The summed E-state index contributed by atoms with van der Waals surface area (Å²) in [6.45, 7) is 0. The van der Waals surface area contributed by atoms with Gasteiger partial charge in [-0.2, -0.15) is 0 Å². The van der Waals surface area contributed by atoms with Gasteiger partial charge < -0.3 is 5.73 Å². The molecule has 4 aromatic rings. The fourth-order valence-corrected chi connectivity index (χ4v) is 5.82. The largest absolute Gasteiger partial charge is 0.382 e. The molecule has 0 saturated heterocycles. The van der Waals surface area contributed by atoms with Gasteiger partial charge in [0, 0.05) is 17.2 Å². The van der Waals surface area contributed by atoms with Crippen molar-refractivity contribution in [3.05, 3.63) is 96.1 Å². The summed E-state index contributed by atoms with van der Waals surface area (Å²) in [6, 6.07) is 19.3. The monoisotopic (exact) mass is 460 g/mol. The van der Waals surface area contributed by atoms with Gasteiger partial charge in [-0.15, -0.1) is 0 Å². The standard InChI is InChI=1S/C25H21FN4O2S/c26-24-20(22-14-29-23(27)15-28-22)12-11-19(16-6-2-1-3-7-16)25(24)33(31,32)30-21-13-10-17-8-4-5-9-18(17)21/h1-9,11-12,14-15,21,30H,10,13H2,(H2,27,29)/t21-/m1/s1. The molecule has 0 unspecified atom stereocenters. The Labute approximate surface area is 191 Å². The molecule has 0 aliphatic heterocycles. The van der Waals surface area contributed by atoms with Crippen molar-refractivity contribution >= 4 is 15.8 Å². The van der Waals surface area contributed by atoms with Crippen molar-refractivity contribution in [3.8, 4) is 22.4 Å². The van der Waals surface area contributed by atoms with Crippen molar-refractivity contribution in [2.75, 3.05) is 5.73 Å². The van der Waals surface area contributed by atoms with Crippen LogP contribution in [0.25, 0.3) is 22.4 Å². The minimum absolute atomic E-state index is 0.0365. The first-order valence-corrected chi connectivity index (χ1v) is 12.0. The molecule has 0 saturated carbocycles. The lowest BCUT2D eigenvalue weighted by Crippen LogP contribution is -2.28. The third-order valence-corrected chi connectivity index (χ3v) is 7.36. The van der Waals surface area contributed by atoms with Crippen LogP contribution in [0.2, 0.25) is 0 Å². The highest BCUT2D eigenvalue weighted by Crippen LogP contribution is 2.37. The van der Waals surface area contributed by atoms with Gasteiger partial charge in [-0.1, -0.05) is 60.7 Å². The van der Waals surface area contributed by atoms with Crippen molar-refractivity contribution in [1.29, 1.82) is 0 Å². The number of anilines is 1. The van der Waals surface area contributed by atoms with E-state index in [2.05, 4.69) is 14.7 Å². The molecule has 1 aliphatic carbocycles. The number of halogens is 1. The van der Waals surface area contributed by atoms with E-state index < -0.39 is 26.8 Å². The van der Waals surface area contributed by atoms with E-state index in [1.165, 1.54) is 18.5 Å². The second-order valence-electron chi connectivity index (χ2n) is 7.91. The zero-order valence-electron chi connectivity index (χ0n) is 17.6. The van der Waals surface area contributed by atoms with E-state index in [0.717, 1.165) is 17.5 Å². The normalized spacial score (nSPS) is 15.4. The fraction of sp³-hybridized carbons (Fsp3) is 0.120. The number of aromatic nitrogens is 2. The molecule has 1 atom stereocenters. The Kier molecular flexibility index (Phi) is 5.39. The maximum absolute atomic E-state index is 16.0. The average molecular weight is 461 g/mol. The Morgan fingerprint density at radius 3 is 2.39 bits per heavy atom. The highest BCUT2D eigenvalue weighted by molar-refractivity contribution is 7.89. The second kappa shape index (κ2) is 8.38. The second-order valence-corrected chi connectivity index (χ2v) is 9.56. The first-order chi connectivity index (χ1) is 15.9. The van der Waals surface area contributed by atoms with Crippen LogP contribution in [0.1, 0.15) is 23.6 Å². The molecule has 3 aromatic carbocycles. The van der Waals surface area contributed by atoms with Crippen LogP contribution in [0.15, 0.2) is 84.0 Å². The molecular formula is C25H21FN4O2S. The summed E-state index contributed by atoms with van der Waals surface area (Å²) in [5.41, 5.74) is 8.72. The molecule has 0 amide bonds. The molecule has 166 valence electrons. The topological polar surface area (TPSA) is 98.0 Å². The molecule has 0 spiro atoms. The predicted molar refractivity (Wildman–Crippen MR) is 125 cm³/mol. The number of benzene rings is 3. The summed E-state index contributed by atoms with van der Waals surface area (Å²) in [6.07, 6.45) is 4.01. The van der Waals surface area contributed by atoms with E-state index in [0.29, 0.717) is 12.0 Å². The van der Waals surface area contributed by atoms with Gasteiger partial charge in [-0.3, -0.25) is 4.98 Å². The minimum Gasteiger partial charge on any atom is -0.382 e. The number of hydrogen-bond donors (Lipinski definition) is 2. The van der Waals surface area contributed by atoms with E-state index in [1.54, 1.807) is 30.3 Å². The number of nitrogens with one attached hydrogen (secondary N) is 1. The molecule has 0 radical (unpaired) electrons. The number of hydrogen-bond acceptors (Lipinski definition) is 5. The van der Waals surface area contributed by atoms with Crippen molar-refractivity contribution in [2.45, 2.75) is 23.8 Å². The van der Waals surface area contributed by atoms with Crippen LogP contribution in [0.3, 0.4) is 0 Å². The summed E-state index contributed by atoms with van der Waals surface area (Å²) in [7, 11) is -4.23. The molecule has 1 aliphatic rings. The number of sulfonamides is 1. The predicted octanol–water partition coefficient (Wildman–Crippen LogP) is 4.50. The number of fused-ring (bicyclic) bond motifs is 1. The fourth-order valence-electron chi connectivity index (χ4n) is 4.26. The molecule has 6 nitrogen and oxygen atoms in total. The van der Waals surface area contributed by atoms with Crippen LogP contribution in [0, 0.1) is 5.82 Å². The van der Waals surface area contributed by atoms with Crippen LogP contribution in [0.5, 0.6) is 0 Å². The Bertz CT molecular complexity index is 1420. The molecule has 5 rings (SSSR count). The van der Waals surface area contributed by atoms with Gasteiger partial charge in [-0.25, -0.2) is 22.5 Å². The maximum Gasteiger partial charge on any atom is 0.244 e. The van der Waals surface area contributed by atoms with E-state index in [-0.39, 0.29) is 22.6 Å². The third-order valence-electron chi connectivity index (χ3n) is 5.83. The summed E-state index contributed by atoms with van der Waals surface area (Å²) in [5.74, 6) is -0.691. The SMILES string of the molecule is Nc1cnc(-c2ccc(-c3ccccc3)c(S(=O)(=O)N[C@@H]3CCc4ccccc43)c2F)cn1. The Morgan fingerprint density at radius 2 is 1.64 bits per heavy atom. The molecule has 8 heteroatoms. The quantitative estimate of drug-likeness (QED) is 0.457. The summed E-state index contributed by atoms with van der Waals surface area (Å²) >= 11 is 0. The molecule has 33 heavy (non-hydrogen) atoms. The lowest BCUT2D eigenvalue weighted by Gasteiger charge is -2.19. The van der Waals surface area contributed by atoms with Gasteiger partial charge in [0.1, 0.15) is 10.7 Å². The van der Waals surface area contributed by atoms with Crippen LogP contribution >= 0.6 is 0 Å². The van der Waals surface area contributed by atoms with Crippen LogP contribution in [-0.2, 0) is 16.4 Å². The van der Waals surface area contributed by atoms with Gasteiger partial charge in [0.15, 0.2) is 5.82 Å². The lowest BCUT2D eigenvalue weighted by molar-refractivity contribution is 0.540. The maximum atomic E-state index is 16.0. The van der Waals surface area contributed by atoms with Crippen molar-refractivity contribution in [3.63, 3.8) is 0 Å². The zero-order valence-corrected chi connectivity index (χ0v) is 18.4.